The Kier molecular flexibility index (Phi) is 7.86. The highest BCUT2D eigenvalue weighted by Gasteiger charge is 2.45. The number of primary amides is 1. The van der Waals surface area contributed by atoms with Gasteiger partial charge in [0, 0.05) is 6.42 Å². The average molecular weight is 508 g/mol. The van der Waals surface area contributed by atoms with Gasteiger partial charge in [-0.05, 0) is 55.0 Å². The fourth-order valence-corrected chi connectivity index (χ4v) is 4.44. The number of carbonyl (C=O) groups is 5. The van der Waals surface area contributed by atoms with Crippen molar-refractivity contribution >= 4 is 29.5 Å². The second-order valence-electron chi connectivity index (χ2n) is 9.30. The maximum Gasteiger partial charge on any atom is 0.266 e. The van der Waals surface area contributed by atoms with E-state index in [2.05, 4.69) is 12.2 Å². The Morgan fingerprint density at radius 3 is 2.51 bits per heavy atom. The van der Waals surface area contributed by atoms with Crippen molar-refractivity contribution in [3.63, 3.8) is 0 Å². The van der Waals surface area contributed by atoms with Crippen LogP contribution in [-0.4, -0.2) is 53.7 Å². The lowest BCUT2D eigenvalue weighted by Gasteiger charge is -2.27. The van der Waals surface area contributed by atoms with Gasteiger partial charge in [0.2, 0.25) is 17.7 Å². The number of hydrogen-bond donors (Lipinski definition) is 2. The summed E-state index contributed by atoms with van der Waals surface area (Å²) in [5, 5.41) is 2.19. The summed E-state index contributed by atoms with van der Waals surface area (Å²) < 4.78 is 11.7. The van der Waals surface area contributed by atoms with Crippen LogP contribution in [0.2, 0.25) is 0 Å². The van der Waals surface area contributed by atoms with Crippen molar-refractivity contribution in [2.75, 3.05) is 13.2 Å². The molecule has 2 aliphatic rings. The molecule has 3 N–H and O–H groups in total. The lowest BCUT2D eigenvalue weighted by molar-refractivity contribution is -0.136. The smallest absolute Gasteiger partial charge is 0.266 e. The lowest BCUT2D eigenvalue weighted by Crippen LogP contribution is -2.54. The lowest BCUT2D eigenvalue weighted by atomic mass is 10.0. The standard InChI is InChI=1S/C27H29N3O7/c1-16(10-12-36-18-5-2-4-17(14-18)15-22(28)31)11-13-37-21-7-3-6-19-24(21)27(35)30(26(19)34)20-8-9-23(32)29-25(20)33/h2-7,14,16,20H,8-13,15H2,1H3,(H2,28,31)(H,29,32,33). The second kappa shape index (κ2) is 11.2. The van der Waals surface area contributed by atoms with E-state index in [-0.39, 0.29) is 36.3 Å². The number of carbonyl (C=O) groups excluding carboxylic acids is 5. The van der Waals surface area contributed by atoms with Gasteiger partial charge in [-0.2, -0.15) is 0 Å². The molecular weight excluding hydrogens is 478 g/mol. The largest absolute Gasteiger partial charge is 0.494 e. The third kappa shape index (κ3) is 5.96. The Labute approximate surface area is 214 Å². The molecule has 194 valence electrons. The van der Waals surface area contributed by atoms with Gasteiger partial charge in [-0.15, -0.1) is 0 Å². The maximum atomic E-state index is 13.1. The summed E-state index contributed by atoms with van der Waals surface area (Å²) in [4.78, 5) is 61.8. The first-order valence-electron chi connectivity index (χ1n) is 12.2. The third-order valence-electron chi connectivity index (χ3n) is 6.45. The van der Waals surface area contributed by atoms with Crippen molar-refractivity contribution in [3.05, 3.63) is 59.2 Å². The number of piperidine rings is 1. The molecule has 0 saturated carbocycles. The number of imide groups is 2. The van der Waals surface area contributed by atoms with Gasteiger partial charge in [0.05, 0.1) is 30.8 Å². The van der Waals surface area contributed by atoms with E-state index in [4.69, 9.17) is 15.2 Å². The number of fused-ring (bicyclic) bond motifs is 1. The first-order chi connectivity index (χ1) is 17.7. The van der Waals surface area contributed by atoms with Gasteiger partial charge < -0.3 is 15.2 Å². The van der Waals surface area contributed by atoms with Crippen LogP contribution in [0.15, 0.2) is 42.5 Å². The molecule has 37 heavy (non-hydrogen) atoms. The van der Waals surface area contributed by atoms with Gasteiger partial charge in [0.15, 0.2) is 0 Å². The van der Waals surface area contributed by atoms with Crippen molar-refractivity contribution in [2.24, 2.45) is 11.7 Å². The molecule has 10 nitrogen and oxygen atoms in total. The molecule has 2 aromatic rings. The van der Waals surface area contributed by atoms with Crippen molar-refractivity contribution < 1.29 is 33.4 Å². The van der Waals surface area contributed by atoms with Gasteiger partial charge in [-0.25, -0.2) is 0 Å². The first-order valence-corrected chi connectivity index (χ1v) is 12.2. The first kappa shape index (κ1) is 25.9. The Bertz CT molecular complexity index is 1240. The monoisotopic (exact) mass is 507 g/mol. The van der Waals surface area contributed by atoms with Crippen LogP contribution in [0.3, 0.4) is 0 Å². The molecule has 0 bridgehead atoms. The van der Waals surface area contributed by atoms with Crippen LogP contribution >= 0.6 is 0 Å². The highest BCUT2D eigenvalue weighted by Crippen LogP contribution is 2.33. The van der Waals surface area contributed by atoms with Crippen LogP contribution in [-0.2, 0) is 20.8 Å². The minimum Gasteiger partial charge on any atom is -0.494 e. The Balaban J connectivity index is 1.29. The number of rotatable bonds is 11. The zero-order valence-electron chi connectivity index (χ0n) is 20.5. The second-order valence-corrected chi connectivity index (χ2v) is 9.30. The highest BCUT2D eigenvalue weighted by atomic mass is 16.5. The van der Waals surface area contributed by atoms with Crippen LogP contribution in [0, 0.1) is 5.92 Å². The number of ether oxygens (including phenoxy) is 2. The van der Waals surface area contributed by atoms with Crippen LogP contribution in [0.1, 0.15) is 58.9 Å². The number of nitrogens with one attached hydrogen (secondary N) is 1. The third-order valence-corrected chi connectivity index (χ3v) is 6.45. The van der Waals surface area contributed by atoms with Crippen LogP contribution < -0.4 is 20.5 Å². The molecule has 1 saturated heterocycles. The molecule has 2 aliphatic heterocycles. The fraction of sp³-hybridized carbons (Fsp3) is 0.370. The van der Waals surface area contributed by atoms with Crippen molar-refractivity contribution in [1.82, 2.24) is 10.2 Å². The fourth-order valence-electron chi connectivity index (χ4n) is 4.44. The van der Waals surface area contributed by atoms with E-state index >= 15 is 0 Å². The van der Waals surface area contributed by atoms with E-state index < -0.39 is 35.6 Å². The van der Waals surface area contributed by atoms with Crippen LogP contribution in [0.4, 0.5) is 0 Å². The zero-order chi connectivity index (χ0) is 26.5. The molecule has 10 heteroatoms. The van der Waals surface area contributed by atoms with Gasteiger partial charge >= 0.3 is 0 Å². The van der Waals surface area contributed by atoms with Gasteiger partial charge in [-0.1, -0.05) is 25.1 Å². The number of amides is 5. The number of nitrogens with zero attached hydrogens (tertiary/aromatic N) is 1. The minimum atomic E-state index is -1.02. The van der Waals surface area contributed by atoms with Gasteiger partial charge in [0.25, 0.3) is 11.8 Å². The minimum absolute atomic E-state index is 0.0631. The Morgan fingerprint density at radius 2 is 1.78 bits per heavy atom. The SMILES string of the molecule is CC(CCOc1cccc(CC(N)=O)c1)CCOc1cccc2c1C(=O)N(C1CCC(=O)NC1=O)C2=O. The summed E-state index contributed by atoms with van der Waals surface area (Å²) in [6.45, 7) is 2.87. The summed E-state index contributed by atoms with van der Waals surface area (Å²) >= 11 is 0. The summed E-state index contributed by atoms with van der Waals surface area (Å²) in [5.74, 6) is -1.41. The van der Waals surface area contributed by atoms with Crippen LogP contribution in [0.5, 0.6) is 11.5 Å². The summed E-state index contributed by atoms with van der Waals surface area (Å²) in [7, 11) is 0. The van der Waals surface area contributed by atoms with E-state index in [1.807, 2.05) is 18.2 Å². The van der Waals surface area contributed by atoms with E-state index in [0.29, 0.717) is 31.1 Å². The van der Waals surface area contributed by atoms with Crippen LogP contribution in [0.25, 0.3) is 0 Å². The van der Waals surface area contributed by atoms with Crippen molar-refractivity contribution in [1.29, 1.82) is 0 Å². The normalized spacial score (nSPS) is 17.9. The Hall–Kier alpha value is -4.21. The highest BCUT2D eigenvalue weighted by molar-refractivity contribution is 6.24. The Morgan fingerprint density at radius 1 is 1.05 bits per heavy atom. The predicted octanol–water partition coefficient (Wildman–Crippen LogP) is 1.99. The molecule has 2 atom stereocenters. The van der Waals surface area contributed by atoms with Crippen molar-refractivity contribution in [3.8, 4) is 11.5 Å². The predicted molar refractivity (Wildman–Crippen MR) is 132 cm³/mol. The summed E-state index contributed by atoms with van der Waals surface area (Å²) in [6, 6.07) is 11.0. The molecule has 0 aromatic heterocycles. The topological polar surface area (TPSA) is 145 Å². The molecule has 5 amide bonds. The zero-order valence-corrected chi connectivity index (χ0v) is 20.5. The molecule has 2 unspecified atom stereocenters. The molecule has 0 aliphatic carbocycles. The number of hydrogen-bond acceptors (Lipinski definition) is 7. The number of nitrogens with two attached hydrogens (primary N) is 1. The van der Waals surface area contributed by atoms with Crippen molar-refractivity contribution in [2.45, 2.75) is 45.1 Å². The van der Waals surface area contributed by atoms with E-state index in [1.54, 1.807) is 18.2 Å². The summed E-state index contributed by atoms with van der Waals surface area (Å²) in [5.41, 5.74) is 6.37. The van der Waals surface area contributed by atoms with E-state index in [9.17, 15) is 24.0 Å². The maximum absolute atomic E-state index is 13.1. The van der Waals surface area contributed by atoms with Gasteiger partial charge in [0.1, 0.15) is 17.5 Å². The molecule has 4 rings (SSSR count). The van der Waals surface area contributed by atoms with E-state index in [1.165, 1.54) is 6.07 Å². The average Bonchev–Trinajstić information content (AvgIpc) is 3.10. The molecular formula is C27H29N3O7. The molecule has 0 radical (unpaired) electrons. The molecule has 2 aromatic carbocycles. The molecule has 2 heterocycles. The molecule has 0 spiro atoms. The molecule has 1 fully saturated rings. The summed E-state index contributed by atoms with van der Waals surface area (Å²) in [6.07, 6.45) is 1.77. The number of benzene rings is 2. The quantitative estimate of drug-likeness (QED) is 0.443. The van der Waals surface area contributed by atoms with E-state index in [0.717, 1.165) is 16.9 Å². The van der Waals surface area contributed by atoms with Gasteiger partial charge in [-0.3, -0.25) is 34.2 Å².